The van der Waals surface area contributed by atoms with Crippen LogP contribution in [0.3, 0.4) is 0 Å². The van der Waals surface area contributed by atoms with E-state index in [2.05, 4.69) is 9.62 Å². The number of nitrogens with one attached hydrogen (secondary N) is 1. The molecular weight excluding hydrogens is 278 g/mol. The van der Waals surface area contributed by atoms with Gasteiger partial charge in [0.15, 0.2) is 0 Å². The van der Waals surface area contributed by atoms with Gasteiger partial charge in [0.1, 0.15) is 5.76 Å². The summed E-state index contributed by atoms with van der Waals surface area (Å²) in [7, 11) is -3.58. The van der Waals surface area contributed by atoms with Crippen molar-refractivity contribution >= 4 is 10.0 Å². The SMILES string of the molecule is NCc1ccc(S(=O)(=O)NC2CCN3CCCCC23)o1. The Bertz CT molecular complexity index is 569. The zero-order valence-corrected chi connectivity index (χ0v) is 12.2. The van der Waals surface area contributed by atoms with Crippen LogP contribution in [0.4, 0.5) is 0 Å². The van der Waals surface area contributed by atoms with Gasteiger partial charge in [0.25, 0.3) is 10.0 Å². The summed E-state index contributed by atoms with van der Waals surface area (Å²) in [4.78, 5) is 2.39. The molecule has 0 bridgehead atoms. The molecule has 6 nitrogen and oxygen atoms in total. The topological polar surface area (TPSA) is 88.6 Å². The number of furan rings is 1. The summed E-state index contributed by atoms with van der Waals surface area (Å²) in [6.45, 7) is 2.26. The van der Waals surface area contributed by atoms with Crippen molar-refractivity contribution in [3.63, 3.8) is 0 Å². The molecule has 0 saturated carbocycles. The maximum Gasteiger partial charge on any atom is 0.274 e. The highest BCUT2D eigenvalue weighted by Crippen LogP contribution is 2.28. The molecule has 2 aliphatic heterocycles. The van der Waals surface area contributed by atoms with Crippen LogP contribution in [0.25, 0.3) is 0 Å². The molecule has 0 amide bonds. The molecule has 1 aromatic rings. The summed E-state index contributed by atoms with van der Waals surface area (Å²) in [5, 5.41) is -0.0350. The van der Waals surface area contributed by atoms with Crippen LogP contribution < -0.4 is 10.5 Å². The molecular formula is C13H21N3O3S. The Labute approximate surface area is 119 Å². The quantitative estimate of drug-likeness (QED) is 0.852. The van der Waals surface area contributed by atoms with Crippen LogP contribution in [-0.2, 0) is 16.6 Å². The summed E-state index contributed by atoms with van der Waals surface area (Å²) in [6, 6.07) is 3.41. The van der Waals surface area contributed by atoms with Gasteiger partial charge >= 0.3 is 0 Å². The Kier molecular flexibility index (Phi) is 3.85. The lowest BCUT2D eigenvalue weighted by atomic mass is 10.00. The van der Waals surface area contributed by atoms with E-state index in [1.54, 1.807) is 6.07 Å². The average molecular weight is 299 g/mol. The van der Waals surface area contributed by atoms with Crippen molar-refractivity contribution in [3.8, 4) is 0 Å². The van der Waals surface area contributed by atoms with Crippen molar-refractivity contribution in [1.29, 1.82) is 0 Å². The number of fused-ring (bicyclic) bond motifs is 1. The first-order chi connectivity index (χ1) is 9.60. The molecule has 3 heterocycles. The minimum absolute atomic E-state index is 0.00766. The Morgan fingerprint density at radius 3 is 2.90 bits per heavy atom. The molecule has 3 rings (SSSR count). The predicted molar refractivity (Wildman–Crippen MR) is 74.5 cm³/mol. The zero-order chi connectivity index (χ0) is 14.2. The Hall–Kier alpha value is -0.890. The number of hydrogen-bond acceptors (Lipinski definition) is 5. The zero-order valence-electron chi connectivity index (χ0n) is 11.4. The lowest BCUT2D eigenvalue weighted by Gasteiger charge is -2.32. The second-order valence-electron chi connectivity index (χ2n) is 5.54. The fourth-order valence-electron chi connectivity index (χ4n) is 3.25. The first-order valence-corrected chi connectivity index (χ1v) is 8.63. The highest BCUT2D eigenvalue weighted by molar-refractivity contribution is 7.89. The molecule has 2 atom stereocenters. The number of nitrogens with zero attached hydrogens (tertiary/aromatic N) is 1. The van der Waals surface area contributed by atoms with Crippen LogP contribution in [0.2, 0.25) is 0 Å². The first kappa shape index (κ1) is 14.1. The molecule has 112 valence electrons. The van der Waals surface area contributed by atoms with Gasteiger partial charge in [-0.25, -0.2) is 13.1 Å². The van der Waals surface area contributed by atoms with Gasteiger partial charge in [-0.1, -0.05) is 6.42 Å². The Morgan fingerprint density at radius 1 is 1.30 bits per heavy atom. The van der Waals surface area contributed by atoms with E-state index in [1.807, 2.05) is 0 Å². The van der Waals surface area contributed by atoms with Gasteiger partial charge < -0.3 is 10.2 Å². The molecule has 3 N–H and O–H groups in total. The molecule has 0 aromatic carbocycles. The van der Waals surface area contributed by atoms with Crippen LogP contribution in [0.15, 0.2) is 21.6 Å². The summed E-state index contributed by atoms with van der Waals surface area (Å²) in [6.07, 6.45) is 4.33. The molecule has 2 aliphatic rings. The van der Waals surface area contributed by atoms with E-state index in [9.17, 15) is 8.42 Å². The van der Waals surface area contributed by atoms with E-state index in [0.717, 1.165) is 25.9 Å². The first-order valence-electron chi connectivity index (χ1n) is 7.15. The van der Waals surface area contributed by atoms with Crippen molar-refractivity contribution in [1.82, 2.24) is 9.62 Å². The molecule has 0 aliphatic carbocycles. The van der Waals surface area contributed by atoms with Crippen molar-refractivity contribution in [2.45, 2.75) is 49.4 Å². The molecule has 2 fully saturated rings. The lowest BCUT2D eigenvalue weighted by Crippen LogP contribution is -2.46. The number of hydrogen-bond donors (Lipinski definition) is 2. The largest absolute Gasteiger partial charge is 0.447 e. The van der Waals surface area contributed by atoms with E-state index in [4.69, 9.17) is 10.2 Å². The summed E-state index contributed by atoms with van der Waals surface area (Å²) in [5.41, 5.74) is 5.44. The fraction of sp³-hybridized carbons (Fsp3) is 0.692. The van der Waals surface area contributed by atoms with E-state index in [1.165, 1.54) is 18.9 Å². The van der Waals surface area contributed by atoms with Gasteiger partial charge in [-0.15, -0.1) is 0 Å². The van der Waals surface area contributed by atoms with Gasteiger partial charge in [-0.2, -0.15) is 0 Å². The normalized spacial score (nSPS) is 27.6. The van der Waals surface area contributed by atoms with Gasteiger partial charge in [0, 0.05) is 18.6 Å². The molecule has 20 heavy (non-hydrogen) atoms. The third-order valence-corrected chi connectivity index (χ3v) is 5.63. The predicted octanol–water partition coefficient (Wildman–Crippen LogP) is 0.643. The standard InChI is InChI=1S/C13H21N3O3S/c14-9-10-4-5-13(19-10)20(17,18)15-11-6-8-16-7-2-1-3-12(11)16/h4-5,11-12,15H,1-3,6-9,14H2. The van der Waals surface area contributed by atoms with Gasteiger partial charge in [0.05, 0.1) is 6.54 Å². The van der Waals surface area contributed by atoms with Gasteiger partial charge in [-0.3, -0.25) is 4.90 Å². The van der Waals surface area contributed by atoms with Crippen LogP contribution in [0.5, 0.6) is 0 Å². The second kappa shape index (κ2) is 5.48. The summed E-state index contributed by atoms with van der Waals surface area (Å²) >= 11 is 0. The summed E-state index contributed by atoms with van der Waals surface area (Å²) < 4.78 is 32.7. The minimum atomic E-state index is -3.58. The summed E-state index contributed by atoms with van der Waals surface area (Å²) in [5.74, 6) is 0.482. The Morgan fingerprint density at radius 2 is 2.15 bits per heavy atom. The van der Waals surface area contributed by atoms with Gasteiger partial charge in [0.2, 0.25) is 5.09 Å². The van der Waals surface area contributed by atoms with Crippen LogP contribution in [0.1, 0.15) is 31.4 Å². The van der Waals surface area contributed by atoms with Crippen LogP contribution in [0, 0.1) is 0 Å². The molecule has 1 aromatic heterocycles. The third-order valence-electron chi connectivity index (χ3n) is 4.27. The maximum absolute atomic E-state index is 12.3. The lowest BCUT2D eigenvalue weighted by molar-refractivity contribution is 0.186. The van der Waals surface area contributed by atoms with E-state index >= 15 is 0 Å². The van der Waals surface area contributed by atoms with E-state index in [-0.39, 0.29) is 17.7 Å². The minimum Gasteiger partial charge on any atom is -0.447 e. The fourth-order valence-corrected chi connectivity index (χ4v) is 4.51. The van der Waals surface area contributed by atoms with Gasteiger partial charge in [-0.05, 0) is 37.9 Å². The monoisotopic (exact) mass is 299 g/mol. The highest BCUT2D eigenvalue weighted by Gasteiger charge is 2.38. The molecule has 2 saturated heterocycles. The van der Waals surface area contributed by atoms with Crippen LogP contribution >= 0.6 is 0 Å². The smallest absolute Gasteiger partial charge is 0.274 e. The maximum atomic E-state index is 12.3. The number of rotatable bonds is 4. The van der Waals surface area contributed by atoms with Crippen molar-refractivity contribution in [2.24, 2.45) is 5.73 Å². The number of sulfonamides is 1. The second-order valence-corrected chi connectivity index (χ2v) is 7.19. The third kappa shape index (κ3) is 2.63. The average Bonchev–Trinajstić information content (AvgIpc) is 3.06. The van der Waals surface area contributed by atoms with Crippen molar-refractivity contribution in [2.75, 3.05) is 13.1 Å². The molecule has 0 radical (unpaired) electrons. The van der Waals surface area contributed by atoms with E-state index < -0.39 is 10.0 Å². The van der Waals surface area contributed by atoms with Crippen LogP contribution in [-0.4, -0.2) is 38.5 Å². The molecule has 7 heteroatoms. The number of piperidine rings is 1. The van der Waals surface area contributed by atoms with Crippen molar-refractivity contribution < 1.29 is 12.8 Å². The Balaban J connectivity index is 1.73. The van der Waals surface area contributed by atoms with Crippen molar-refractivity contribution in [3.05, 3.63) is 17.9 Å². The molecule has 0 spiro atoms. The number of nitrogens with two attached hydrogens (primary N) is 1. The highest BCUT2D eigenvalue weighted by atomic mass is 32.2. The van der Waals surface area contributed by atoms with E-state index in [0.29, 0.717) is 11.8 Å². The molecule has 2 unspecified atom stereocenters.